The van der Waals surface area contributed by atoms with E-state index in [4.69, 9.17) is 0 Å². The Morgan fingerprint density at radius 1 is 1.19 bits per heavy atom. The summed E-state index contributed by atoms with van der Waals surface area (Å²) >= 11 is 0. The van der Waals surface area contributed by atoms with E-state index in [0.29, 0.717) is 6.42 Å². The van der Waals surface area contributed by atoms with Gasteiger partial charge in [-0.25, -0.2) is 0 Å². The highest BCUT2D eigenvalue weighted by molar-refractivity contribution is 5.77. The van der Waals surface area contributed by atoms with Crippen molar-refractivity contribution in [1.29, 1.82) is 0 Å². The smallest absolute Gasteiger partial charge is 0.222 e. The van der Waals surface area contributed by atoms with Gasteiger partial charge in [0.15, 0.2) is 0 Å². The Hall–Kier alpha value is -2.24. The van der Waals surface area contributed by atoms with Gasteiger partial charge in [-0.1, -0.05) is 29.8 Å². The van der Waals surface area contributed by atoms with Gasteiger partial charge in [-0.15, -0.1) is 0 Å². The molecule has 5 heteroatoms. The lowest BCUT2D eigenvalue weighted by Crippen LogP contribution is -2.45. The molecule has 3 rings (SSSR count). The van der Waals surface area contributed by atoms with Crippen molar-refractivity contribution in [2.45, 2.75) is 26.3 Å². The van der Waals surface area contributed by atoms with Crippen molar-refractivity contribution >= 4 is 5.91 Å². The fourth-order valence-electron chi connectivity index (χ4n) is 3.52. The number of nitrogens with one attached hydrogen (secondary N) is 1. The molecule has 0 aliphatic carbocycles. The molecule has 1 aromatic carbocycles. The molecule has 1 fully saturated rings. The van der Waals surface area contributed by atoms with Crippen molar-refractivity contribution in [2.75, 3.05) is 39.8 Å². The Morgan fingerprint density at radius 3 is 2.67 bits per heavy atom. The van der Waals surface area contributed by atoms with Crippen LogP contribution in [-0.4, -0.2) is 60.5 Å². The number of aromatic nitrogens is 1. The second-order valence-corrected chi connectivity index (χ2v) is 7.54. The normalized spacial score (nSPS) is 16.9. The summed E-state index contributed by atoms with van der Waals surface area (Å²) in [6.45, 7) is 9.20. The molecule has 1 saturated heterocycles. The lowest BCUT2D eigenvalue weighted by Gasteiger charge is -2.32. The van der Waals surface area contributed by atoms with E-state index in [0.717, 1.165) is 43.9 Å². The lowest BCUT2D eigenvalue weighted by molar-refractivity contribution is -0.122. The molecule has 1 aliphatic heterocycles. The fourth-order valence-corrected chi connectivity index (χ4v) is 3.52. The summed E-state index contributed by atoms with van der Waals surface area (Å²) in [5.74, 6) is 0.0867. The van der Waals surface area contributed by atoms with Crippen molar-refractivity contribution < 1.29 is 4.79 Å². The topological polar surface area (TPSA) is 48.5 Å². The van der Waals surface area contributed by atoms with Crippen molar-refractivity contribution in [3.8, 4) is 0 Å². The van der Waals surface area contributed by atoms with Gasteiger partial charge in [0.1, 0.15) is 0 Å². The van der Waals surface area contributed by atoms with E-state index in [1.165, 1.54) is 11.1 Å². The van der Waals surface area contributed by atoms with Crippen molar-refractivity contribution in [3.05, 3.63) is 65.0 Å². The van der Waals surface area contributed by atoms with Crippen molar-refractivity contribution in [1.82, 2.24) is 20.1 Å². The van der Waals surface area contributed by atoms with Crippen LogP contribution in [0.2, 0.25) is 0 Å². The molecule has 2 aromatic rings. The number of carbonyl (C=O) groups excluding carboxylic acids is 1. The number of aryl methyl sites for hydroxylation is 2. The molecule has 1 unspecified atom stereocenters. The number of rotatable bonds is 6. The molecule has 27 heavy (non-hydrogen) atoms. The third-order valence-corrected chi connectivity index (χ3v) is 5.32. The van der Waals surface area contributed by atoms with Gasteiger partial charge in [0.05, 0.1) is 6.04 Å². The van der Waals surface area contributed by atoms with E-state index in [-0.39, 0.29) is 11.9 Å². The van der Waals surface area contributed by atoms with Crippen LogP contribution in [-0.2, 0) is 4.79 Å². The van der Waals surface area contributed by atoms with Gasteiger partial charge in [0, 0.05) is 51.5 Å². The molecule has 5 nitrogen and oxygen atoms in total. The Kier molecular flexibility index (Phi) is 6.58. The first kappa shape index (κ1) is 19.5. The quantitative estimate of drug-likeness (QED) is 0.854. The first-order valence-electron chi connectivity index (χ1n) is 9.70. The number of pyridine rings is 1. The molecule has 1 amide bonds. The van der Waals surface area contributed by atoms with Gasteiger partial charge in [0.25, 0.3) is 0 Å². The van der Waals surface area contributed by atoms with E-state index in [1.54, 1.807) is 6.20 Å². The summed E-state index contributed by atoms with van der Waals surface area (Å²) < 4.78 is 0. The molecular weight excluding hydrogens is 336 g/mol. The zero-order chi connectivity index (χ0) is 19.2. The zero-order valence-corrected chi connectivity index (χ0v) is 16.6. The Bertz CT molecular complexity index is 754. The molecule has 144 valence electrons. The minimum Gasteiger partial charge on any atom is -0.345 e. The van der Waals surface area contributed by atoms with Crippen molar-refractivity contribution in [2.24, 2.45) is 0 Å². The summed E-state index contributed by atoms with van der Waals surface area (Å²) in [5, 5.41) is 3.25. The second kappa shape index (κ2) is 9.11. The molecule has 1 atom stereocenters. The molecule has 0 radical (unpaired) electrons. The van der Waals surface area contributed by atoms with Crippen molar-refractivity contribution in [3.63, 3.8) is 0 Å². The maximum Gasteiger partial charge on any atom is 0.222 e. The van der Waals surface area contributed by atoms with Crippen LogP contribution in [0.5, 0.6) is 0 Å². The largest absolute Gasteiger partial charge is 0.345 e. The van der Waals surface area contributed by atoms with E-state index in [9.17, 15) is 4.79 Å². The molecule has 1 N–H and O–H groups in total. The first-order valence-corrected chi connectivity index (χ1v) is 9.70. The highest BCUT2D eigenvalue weighted by atomic mass is 16.1. The highest BCUT2D eigenvalue weighted by Crippen LogP contribution is 2.25. The number of amides is 1. The van der Waals surface area contributed by atoms with E-state index >= 15 is 0 Å². The Labute approximate surface area is 162 Å². The number of piperazine rings is 1. The van der Waals surface area contributed by atoms with Crippen LogP contribution in [0.4, 0.5) is 0 Å². The molecule has 2 heterocycles. The van der Waals surface area contributed by atoms with Crippen LogP contribution >= 0.6 is 0 Å². The average Bonchev–Trinajstić information content (AvgIpc) is 2.68. The first-order chi connectivity index (χ1) is 13.0. The van der Waals surface area contributed by atoms with Crippen LogP contribution < -0.4 is 5.32 Å². The summed E-state index contributed by atoms with van der Waals surface area (Å²) in [6, 6.07) is 10.2. The third kappa shape index (κ3) is 5.37. The van der Waals surface area contributed by atoms with Gasteiger partial charge in [-0.2, -0.15) is 0 Å². The number of likely N-dealkylation sites (N-methyl/N-ethyl adjacent to an activating group) is 1. The van der Waals surface area contributed by atoms with Gasteiger partial charge in [0.2, 0.25) is 5.91 Å². The van der Waals surface area contributed by atoms with E-state index in [1.807, 2.05) is 18.3 Å². The standard InChI is InChI=1S/C22H30N4O/c1-17-6-7-18(2)20(15-17)22(19-5-4-9-23-16-19)24-21(27)8-10-26-13-11-25(3)12-14-26/h4-7,9,15-16,22H,8,10-14H2,1-3H3,(H,24,27). The molecule has 0 bridgehead atoms. The SMILES string of the molecule is Cc1ccc(C)c(C(NC(=O)CCN2CCN(C)CC2)c2cccnc2)c1. The van der Waals surface area contributed by atoms with Gasteiger partial charge in [-0.3, -0.25) is 9.78 Å². The van der Waals surface area contributed by atoms with Crippen LogP contribution in [0.15, 0.2) is 42.7 Å². The molecule has 0 spiro atoms. The van der Waals surface area contributed by atoms with E-state index in [2.05, 4.69) is 59.2 Å². The molecule has 1 aliphatic rings. The second-order valence-electron chi connectivity index (χ2n) is 7.54. The summed E-state index contributed by atoms with van der Waals surface area (Å²) in [4.78, 5) is 21.7. The lowest BCUT2D eigenvalue weighted by atomic mass is 9.94. The zero-order valence-electron chi connectivity index (χ0n) is 16.6. The maximum atomic E-state index is 12.7. The van der Waals surface area contributed by atoms with Gasteiger partial charge < -0.3 is 15.1 Å². The number of hydrogen-bond donors (Lipinski definition) is 1. The summed E-state index contributed by atoms with van der Waals surface area (Å²) in [7, 11) is 2.15. The Morgan fingerprint density at radius 2 is 1.96 bits per heavy atom. The average molecular weight is 367 g/mol. The van der Waals surface area contributed by atoms with Gasteiger partial charge >= 0.3 is 0 Å². The third-order valence-electron chi connectivity index (χ3n) is 5.32. The summed E-state index contributed by atoms with van der Waals surface area (Å²) in [5.41, 5.74) is 4.51. The molecular formula is C22H30N4O. The predicted octanol–water partition coefficient (Wildman–Crippen LogP) is 2.54. The fraction of sp³-hybridized carbons (Fsp3) is 0.455. The monoisotopic (exact) mass is 366 g/mol. The maximum absolute atomic E-state index is 12.7. The predicted molar refractivity (Wildman–Crippen MR) is 109 cm³/mol. The molecule has 1 aromatic heterocycles. The van der Waals surface area contributed by atoms with Crippen LogP contribution in [0.1, 0.15) is 34.7 Å². The minimum atomic E-state index is -0.168. The number of nitrogens with zero attached hydrogens (tertiary/aromatic N) is 3. The number of benzene rings is 1. The van der Waals surface area contributed by atoms with Crippen LogP contribution in [0.25, 0.3) is 0 Å². The molecule has 0 saturated carbocycles. The summed E-state index contributed by atoms with van der Waals surface area (Å²) in [6.07, 6.45) is 4.12. The Balaban J connectivity index is 1.70. The highest BCUT2D eigenvalue weighted by Gasteiger charge is 2.20. The van der Waals surface area contributed by atoms with Gasteiger partial charge in [-0.05, 0) is 43.7 Å². The number of carbonyl (C=O) groups is 1. The van der Waals surface area contributed by atoms with E-state index < -0.39 is 0 Å². The number of hydrogen-bond acceptors (Lipinski definition) is 4. The minimum absolute atomic E-state index is 0.0867. The van der Waals surface area contributed by atoms with Crippen LogP contribution in [0, 0.1) is 13.8 Å². The van der Waals surface area contributed by atoms with Crippen LogP contribution in [0.3, 0.4) is 0 Å².